The Morgan fingerprint density at radius 2 is 2.23 bits per heavy atom. The zero-order chi connectivity index (χ0) is 9.26. The van der Waals surface area contributed by atoms with Crippen molar-refractivity contribution in [3.05, 3.63) is 42.7 Å². The molecule has 0 aliphatic heterocycles. The maximum Gasteiger partial charge on any atom is 0.107 e. The summed E-state index contributed by atoms with van der Waals surface area (Å²) in [5, 5.41) is 0. The number of benzene rings is 1. The molecule has 0 saturated carbocycles. The number of hydrogen-bond donors (Lipinski definition) is 0. The number of imidazole rings is 1. The SMILES string of the molecule is C=CCn1c(C)nc2ccccc21. The van der Waals surface area contributed by atoms with Gasteiger partial charge >= 0.3 is 0 Å². The van der Waals surface area contributed by atoms with Crippen LogP contribution in [0.1, 0.15) is 5.82 Å². The van der Waals surface area contributed by atoms with Crippen LogP contribution in [0.5, 0.6) is 0 Å². The molecule has 0 amide bonds. The number of nitrogens with zero attached hydrogens (tertiary/aromatic N) is 2. The van der Waals surface area contributed by atoms with Crippen molar-refractivity contribution in [2.75, 3.05) is 0 Å². The second-order valence-corrected chi connectivity index (χ2v) is 3.05. The first-order valence-electron chi connectivity index (χ1n) is 4.35. The maximum absolute atomic E-state index is 4.45. The monoisotopic (exact) mass is 172 g/mol. The average Bonchev–Trinajstić information content (AvgIpc) is 2.44. The number of para-hydroxylation sites is 2. The Kier molecular flexibility index (Phi) is 1.89. The highest BCUT2D eigenvalue weighted by atomic mass is 15.1. The molecule has 66 valence electrons. The zero-order valence-electron chi connectivity index (χ0n) is 7.70. The van der Waals surface area contributed by atoms with Gasteiger partial charge in [-0.05, 0) is 19.1 Å². The molecule has 0 aliphatic carbocycles. The first kappa shape index (κ1) is 8.05. The molecule has 1 aromatic heterocycles. The molecule has 0 bridgehead atoms. The summed E-state index contributed by atoms with van der Waals surface area (Å²) in [5.74, 6) is 1.04. The third-order valence-corrected chi connectivity index (χ3v) is 2.16. The predicted octanol–water partition coefficient (Wildman–Crippen LogP) is 2.53. The number of aromatic nitrogens is 2. The van der Waals surface area contributed by atoms with Crippen molar-refractivity contribution in [2.24, 2.45) is 0 Å². The van der Waals surface area contributed by atoms with Crippen molar-refractivity contribution in [2.45, 2.75) is 13.5 Å². The van der Waals surface area contributed by atoms with Gasteiger partial charge in [0.25, 0.3) is 0 Å². The van der Waals surface area contributed by atoms with Gasteiger partial charge in [0.15, 0.2) is 0 Å². The first-order valence-corrected chi connectivity index (χ1v) is 4.35. The number of aryl methyl sites for hydroxylation is 1. The van der Waals surface area contributed by atoms with Gasteiger partial charge in [-0.2, -0.15) is 0 Å². The van der Waals surface area contributed by atoms with E-state index in [0.29, 0.717) is 0 Å². The Labute approximate surface area is 77.5 Å². The van der Waals surface area contributed by atoms with E-state index in [2.05, 4.69) is 22.2 Å². The van der Waals surface area contributed by atoms with E-state index in [1.165, 1.54) is 5.52 Å². The van der Waals surface area contributed by atoms with Crippen LogP contribution >= 0.6 is 0 Å². The van der Waals surface area contributed by atoms with Crippen LogP contribution < -0.4 is 0 Å². The Morgan fingerprint density at radius 3 is 3.00 bits per heavy atom. The fourth-order valence-corrected chi connectivity index (χ4v) is 1.56. The largest absolute Gasteiger partial charge is 0.324 e. The van der Waals surface area contributed by atoms with Crippen molar-refractivity contribution in [1.29, 1.82) is 0 Å². The minimum atomic E-state index is 0.826. The summed E-state index contributed by atoms with van der Waals surface area (Å²) in [7, 11) is 0. The van der Waals surface area contributed by atoms with Crippen LogP contribution in [0.15, 0.2) is 36.9 Å². The second-order valence-electron chi connectivity index (χ2n) is 3.05. The van der Waals surface area contributed by atoms with Gasteiger partial charge in [-0.25, -0.2) is 4.98 Å². The summed E-state index contributed by atoms with van der Waals surface area (Å²) in [5.41, 5.74) is 2.24. The van der Waals surface area contributed by atoms with Gasteiger partial charge in [0.05, 0.1) is 11.0 Å². The summed E-state index contributed by atoms with van der Waals surface area (Å²) in [6.45, 7) is 6.58. The summed E-state index contributed by atoms with van der Waals surface area (Å²) < 4.78 is 2.16. The normalized spacial score (nSPS) is 10.5. The Balaban J connectivity index is 2.70. The number of rotatable bonds is 2. The van der Waals surface area contributed by atoms with Crippen molar-refractivity contribution >= 4 is 11.0 Å². The van der Waals surface area contributed by atoms with Gasteiger partial charge < -0.3 is 4.57 Å². The molecule has 0 spiro atoms. The van der Waals surface area contributed by atoms with Crippen LogP contribution in [-0.2, 0) is 6.54 Å². The Hall–Kier alpha value is -1.57. The fraction of sp³-hybridized carbons (Fsp3) is 0.182. The van der Waals surface area contributed by atoms with Crippen LogP contribution in [0.2, 0.25) is 0 Å². The number of allylic oxidation sites excluding steroid dienone is 1. The summed E-state index contributed by atoms with van der Waals surface area (Å²) in [6, 6.07) is 8.15. The lowest BCUT2D eigenvalue weighted by molar-refractivity contribution is 0.808. The van der Waals surface area contributed by atoms with Crippen LogP contribution in [0.4, 0.5) is 0 Å². The molecule has 0 radical (unpaired) electrons. The summed E-state index contributed by atoms with van der Waals surface area (Å²) in [4.78, 5) is 4.45. The average molecular weight is 172 g/mol. The lowest BCUT2D eigenvalue weighted by Crippen LogP contribution is -1.96. The van der Waals surface area contributed by atoms with Crippen LogP contribution in [-0.4, -0.2) is 9.55 Å². The zero-order valence-corrected chi connectivity index (χ0v) is 7.70. The minimum absolute atomic E-state index is 0.826. The third-order valence-electron chi connectivity index (χ3n) is 2.16. The molecule has 1 heterocycles. The molecule has 2 heteroatoms. The quantitative estimate of drug-likeness (QED) is 0.636. The smallest absolute Gasteiger partial charge is 0.107 e. The highest BCUT2D eigenvalue weighted by Gasteiger charge is 2.03. The lowest BCUT2D eigenvalue weighted by Gasteiger charge is -2.00. The highest BCUT2D eigenvalue weighted by Crippen LogP contribution is 2.14. The number of fused-ring (bicyclic) bond motifs is 1. The van der Waals surface area contributed by atoms with Crippen molar-refractivity contribution < 1.29 is 0 Å². The van der Waals surface area contributed by atoms with Crippen LogP contribution in [0.25, 0.3) is 11.0 Å². The molecule has 0 unspecified atom stereocenters. The van der Waals surface area contributed by atoms with Crippen LogP contribution in [0.3, 0.4) is 0 Å². The molecule has 1 aromatic carbocycles. The van der Waals surface area contributed by atoms with E-state index in [1.807, 2.05) is 31.2 Å². The summed E-state index contributed by atoms with van der Waals surface area (Å²) >= 11 is 0. The van der Waals surface area contributed by atoms with E-state index < -0.39 is 0 Å². The molecule has 2 aromatic rings. The van der Waals surface area contributed by atoms with Crippen molar-refractivity contribution in [3.63, 3.8) is 0 Å². The standard InChI is InChI=1S/C11H12N2/c1-3-8-13-9(2)12-10-6-4-5-7-11(10)13/h3-7H,1,8H2,2H3. The fourth-order valence-electron chi connectivity index (χ4n) is 1.56. The third kappa shape index (κ3) is 1.24. The Morgan fingerprint density at radius 1 is 1.46 bits per heavy atom. The Bertz CT molecular complexity index is 440. The molecule has 0 atom stereocenters. The summed E-state index contributed by atoms with van der Waals surface area (Å²) in [6.07, 6.45) is 1.89. The number of hydrogen-bond acceptors (Lipinski definition) is 1. The molecular weight excluding hydrogens is 160 g/mol. The van der Waals surface area contributed by atoms with E-state index in [1.54, 1.807) is 0 Å². The minimum Gasteiger partial charge on any atom is -0.324 e. The van der Waals surface area contributed by atoms with Crippen LogP contribution in [0, 0.1) is 6.92 Å². The molecule has 0 saturated heterocycles. The predicted molar refractivity (Wildman–Crippen MR) is 54.7 cm³/mol. The molecule has 0 N–H and O–H groups in total. The molecule has 0 fully saturated rings. The van der Waals surface area contributed by atoms with Gasteiger partial charge in [0, 0.05) is 6.54 Å². The molecule has 2 nitrogen and oxygen atoms in total. The van der Waals surface area contributed by atoms with Gasteiger partial charge in [-0.1, -0.05) is 18.2 Å². The second kappa shape index (κ2) is 3.05. The van der Waals surface area contributed by atoms with E-state index in [-0.39, 0.29) is 0 Å². The first-order chi connectivity index (χ1) is 6.33. The lowest BCUT2D eigenvalue weighted by atomic mass is 10.3. The molecular formula is C11H12N2. The van der Waals surface area contributed by atoms with E-state index >= 15 is 0 Å². The maximum atomic E-state index is 4.45. The van der Waals surface area contributed by atoms with Gasteiger partial charge in [-0.3, -0.25) is 0 Å². The van der Waals surface area contributed by atoms with E-state index in [0.717, 1.165) is 17.9 Å². The topological polar surface area (TPSA) is 17.8 Å². The van der Waals surface area contributed by atoms with Gasteiger partial charge in [0.1, 0.15) is 5.82 Å². The van der Waals surface area contributed by atoms with Gasteiger partial charge in [0.2, 0.25) is 0 Å². The van der Waals surface area contributed by atoms with Crippen molar-refractivity contribution in [1.82, 2.24) is 9.55 Å². The van der Waals surface area contributed by atoms with E-state index in [4.69, 9.17) is 0 Å². The molecule has 13 heavy (non-hydrogen) atoms. The highest BCUT2D eigenvalue weighted by molar-refractivity contribution is 5.75. The molecule has 2 rings (SSSR count). The van der Waals surface area contributed by atoms with Crippen molar-refractivity contribution in [3.8, 4) is 0 Å². The molecule has 0 aliphatic rings. The van der Waals surface area contributed by atoms with Gasteiger partial charge in [-0.15, -0.1) is 6.58 Å². The van der Waals surface area contributed by atoms with E-state index in [9.17, 15) is 0 Å².